The van der Waals surface area contributed by atoms with Crippen LogP contribution in [-0.2, 0) is 6.42 Å². The lowest BCUT2D eigenvalue weighted by Gasteiger charge is -2.21. The van der Waals surface area contributed by atoms with E-state index in [4.69, 9.17) is 16.6 Å². The van der Waals surface area contributed by atoms with Crippen LogP contribution < -0.4 is 5.32 Å². The summed E-state index contributed by atoms with van der Waals surface area (Å²) in [5, 5.41) is 7.59. The maximum Gasteiger partial charge on any atom is 0.0935 e. The van der Waals surface area contributed by atoms with Gasteiger partial charge in [0.1, 0.15) is 0 Å². The number of nitrogens with one attached hydrogen (secondary N) is 1. The number of piperidine rings is 1. The Balaban J connectivity index is 1.70. The zero-order chi connectivity index (χ0) is 13.1. The second-order valence-corrected chi connectivity index (χ2v) is 6.41. The molecule has 0 amide bonds. The van der Waals surface area contributed by atoms with Crippen molar-refractivity contribution in [2.75, 3.05) is 13.1 Å². The second-order valence-electron chi connectivity index (χ2n) is 5.03. The molecule has 1 aromatic carbocycles. The van der Waals surface area contributed by atoms with E-state index in [1.165, 1.54) is 17.8 Å². The second kappa shape index (κ2) is 6.04. The van der Waals surface area contributed by atoms with Gasteiger partial charge in [-0.15, -0.1) is 11.3 Å². The van der Waals surface area contributed by atoms with Gasteiger partial charge in [0.25, 0.3) is 0 Å². The monoisotopic (exact) mass is 292 g/mol. The van der Waals surface area contributed by atoms with Gasteiger partial charge in [-0.3, -0.25) is 0 Å². The zero-order valence-corrected chi connectivity index (χ0v) is 12.3. The molecular weight excluding hydrogens is 276 g/mol. The van der Waals surface area contributed by atoms with Crippen LogP contribution in [0.4, 0.5) is 0 Å². The molecule has 0 radical (unpaired) electrons. The highest BCUT2D eigenvalue weighted by Crippen LogP contribution is 2.26. The molecule has 100 valence electrons. The molecule has 1 N–H and O–H groups in total. The van der Waals surface area contributed by atoms with Crippen LogP contribution in [0.3, 0.4) is 0 Å². The van der Waals surface area contributed by atoms with Gasteiger partial charge in [0.2, 0.25) is 0 Å². The summed E-state index contributed by atoms with van der Waals surface area (Å²) in [6.45, 7) is 2.31. The predicted octanol–water partition coefficient (Wildman–Crippen LogP) is 4.01. The third-order valence-corrected chi connectivity index (χ3v) is 4.74. The van der Waals surface area contributed by atoms with E-state index in [-0.39, 0.29) is 0 Å². The first-order valence-corrected chi connectivity index (χ1v) is 7.98. The predicted molar refractivity (Wildman–Crippen MR) is 81.9 cm³/mol. The summed E-state index contributed by atoms with van der Waals surface area (Å²) in [5.74, 6) is 0.797. The van der Waals surface area contributed by atoms with Crippen LogP contribution in [0.25, 0.3) is 11.3 Å². The smallest absolute Gasteiger partial charge is 0.0935 e. The van der Waals surface area contributed by atoms with Crippen LogP contribution in [0, 0.1) is 5.92 Å². The standard InChI is InChI=1S/C15H17ClN2S/c16-13-3-1-12(2-4-13)14-10-19-15(18-14)9-11-5-7-17-8-6-11/h1-4,10-11,17H,5-9H2. The van der Waals surface area contributed by atoms with Gasteiger partial charge in [-0.2, -0.15) is 0 Å². The van der Waals surface area contributed by atoms with Crippen molar-refractivity contribution in [3.63, 3.8) is 0 Å². The molecule has 0 unspecified atom stereocenters. The number of benzene rings is 1. The van der Waals surface area contributed by atoms with Gasteiger partial charge in [-0.05, 0) is 44.0 Å². The number of hydrogen-bond acceptors (Lipinski definition) is 3. The van der Waals surface area contributed by atoms with Crippen molar-refractivity contribution in [1.82, 2.24) is 10.3 Å². The van der Waals surface area contributed by atoms with Crippen molar-refractivity contribution in [2.24, 2.45) is 5.92 Å². The number of aromatic nitrogens is 1. The van der Waals surface area contributed by atoms with Gasteiger partial charge in [-0.1, -0.05) is 23.7 Å². The fraction of sp³-hybridized carbons (Fsp3) is 0.400. The minimum Gasteiger partial charge on any atom is -0.317 e. The molecule has 2 aromatic rings. The first kappa shape index (κ1) is 13.1. The summed E-state index contributed by atoms with van der Waals surface area (Å²) in [5.41, 5.74) is 2.22. The highest BCUT2D eigenvalue weighted by Gasteiger charge is 2.15. The lowest BCUT2D eigenvalue weighted by atomic mass is 9.95. The molecular formula is C15H17ClN2S. The fourth-order valence-corrected chi connectivity index (χ4v) is 3.54. The van der Waals surface area contributed by atoms with Crippen molar-refractivity contribution in [3.05, 3.63) is 39.7 Å². The molecule has 2 nitrogen and oxygen atoms in total. The maximum absolute atomic E-state index is 5.91. The topological polar surface area (TPSA) is 24.9 Å². The van der Waals surface area contributed by atoms with E-state index in [9.17, 15) is 0 Å². The molecule has 2 heterocycles. The first-order chi connectivity index (χ1) is 9.31. The molecule has 3 rings (SSSR count). The number of halogens is 1. The van der Waals surface area contributed by atoms with Gasteiger partial charge in [0, 0.05) is 22.4 Å². The van der Waals surface area contributed by atoms with Gasteiger partial charge in [0.05, 0.1) is 10.7 Å². The first-order valence-electron chi connectivity index (χ1n) is 6.72. The molecule has 19 heavy (non-hydrogen) atoms. The Morgan fingerprint density at radius 2 is 1.95 bits per heavy atom. The van der Waals surface area contributed by atoms with E-state index < -0.39 is 0 Å². The SMILES string of the molecule is Clc1ccc(-c2csc(CC3CCNCC3)n2)cc1. The van der Waals surface area contributed by atoms with Crippen LogP contribution >= 0.6 is 22.9 Å². The minimum atomic E-state index is 0.772. The summed E-state index contributed by atoms with van der Waals surface area (Å²) in [6.07, 6.45) is 3.67. The van der Waals surface area contributed by atoms with Crippen molar-refractivity contribution >= 4 is 22.9 Å². The Morgan fingerprint density at radius 3 is 2.68 bits per heavy atom. The van der Waals surface area contributed by atoms with Crippen LogP contribution in [0.1, 0.15) is 17.8 Å². The average molecular weight is 293 g/mol. The Kier molecular flexibility index (Phi) is 4.16. The number of thiazole rings is 1. The Labute approximate surface area is 122 Å². The molecule has 0 aliphatic carbocycles. The average Bonchev–Trinajstić information content (AvgIpc) is 2.89. The van der Waals surface area contributed by atoms with Crippen LogP contribution in [0.5, 0.6) is 0 Å². The minimum absolute atomic E-state index is 0.772. The summed E-state index contributed by atoms with van der Waals surface area (Å²) >= 11 is 7.69. The zero-order valence-electron chi connectivity index (χ0n) is 10.7. The van der Waals surface area contributed by atoms with E-state index >= 15 is 0 Å². The van der Waals surface area contributed by atoms with Crippen molar-refractivity contribution in [3.8, 4) is 11.3 Å². The Morgan fingerprint density at radius 1 is 1.21 bits per heavy atom. The summed E-state index contributed by atoms with van der Waals surface area (Å²) in [7, 11) is 0. The molecule has 1 saturated heterocycles. The third kappa shape index (κ3) is 3.35. The molecule has 1 aliphatic heterocycles. The molecule has 1 aliphatic rings. The molecule has 4 heteroatoms. The van der Waals surface area contributed by atoms with E-state index in [0.717, 1.165) is 41.7 Å². The molecule has 0 atom stereocenters. The van der Waals surface area contributed by atoms with Gasteiger partial charge >= 0.3 is 0 Å². The highest BCUT2D eigenvalue weighted by molar-refractivity contribution is 7.09. The van der Waals surface area contributed by atoms with Gasteiger partial charge in [0.15, 0.2) is 0 Å². The van der Waals surface area contributed by atoms with Crippen LogP contribution in [0.2, 0.25) is 5.02 Å². The number of hydrogen-bond donors (Lipinski definition) is 1. The van der Waals surface area contributed by atoms with E-state index in [1.807, 2.05) is 24.3 Å². The van der Waals surface area contributed by atoms with Crippen molar-refractivity contribution in [2.45, 2.75) is 19.3 Å². The molecule has 0 saturated carbocycles. The quantitative estimate of drug-likeness (QED) is 0.925. The molecule has 0 spiro atoms. The van der Waals surface area contributed by atoms with E-state index in [0.29, 0.717) is 0 Å². The van der Waals surface area contributed by atoms with Crippen molar-refractivity contribution in [1.29, 1.82) is 0 Å². The van der Waals surface area contributed by atoms with Crippen LogP contribution in [-0.4, -0.2) is 18.1 Å². The lowest BCUT2D eigenvalue weighted by molar-refractivity contribution is 0.372. The Bertz CT molecular complexity index is 529. The normalized spacial score (nSPS) is 16.7. The largest absolute Gasteiger partial charge is 0.317 e. The van der Waals surface area contributed by atoms with Gasteiger partial charge in [-0.25, -0.2) is 4.98 Å². The molecule has 0 bridgehead atoms. The summed E-state index contributed by atoms with van der Waals surface area (Å²) in [4.78, 5) is 4.76. The number of nitrogens with zero attached hydrogens (tertiary/aromatic N) is 1. The molecule has 1 fully saturated rings. The lowest BCUT2D eigenvalue weighted by Crippen LogP contribution is -2.28. The summed E-state index contributed by atoms with van der Waals surface area (Å²) < 4.78 is 0. The molecule has 1 aromatic heterocycles. The van der Waals surface area contributed by atoms with E-state index in [1.54, 1.807) is 11.3 Å². The fourth-order valence-electron chi connectivity index (χ4n) is 2.49. The van der Waals surface area contributed by atoms with Gasteiger partial charge < -0.3 is 5.32 Å². The highest BCUT2D eigenvalue weighted by atomic mass is 35.5. The summed E-state index contributed by atoms with van der Waals surface area (Å²) in [6, 6.07) is 7.91. The third-order valence-electron chi connectivity index (χ3n) is 3.61. The van der Waals surface area contributed by atoms with Crippen LogP contribution in [0.15, 0.2) is 29.6 Å². The van der Waals surface area contributed by atoms with Crippen molar-refractivity contribution < 1.29 is 0 Å². The number of rotatable bonds is 3. The Hall–Kier alpha value is -0.900. The van der Waals surface area contributed by atoms with E-state index in [2.05, 4.69) is 10.7 Å². The maximum atomic E-state index is 5.91.